The third-order valence-electron chi connectivity index (χ3n) is 4.19. The van der Waals surface area contributed by atoms with Crippen molar-refractivity contribution in [1.82, 2.24) is 9.97 Å². The maximum absolute atomic E-state index is 12.0. The van der Waals surface area contributed by atoms with E-state index in [9.17, 15) is 9.32 Å². The van der Waals surface area contributed by atoms with E-state index in [1.807, 2.05) is 24.4 Å². The number of nitrogens with zero attached hydrogens (tertiary/aromatic N) is 2. The van der Waals surface area contributed by atoms with Crippen molar-refractivity contribution in [3.8, 4) is 10.4 Å². The highest BCUT2D eigenvalue weighted by Crippen LogP contribution is 2.32. The zero-order valence-electron chi connectivity index (χ0n) is 15.8. The van der Waals surface area contributed by atoms with Gasteiger partial charge >= 0.3 is 0 Å². The Morgan fingerprint density at radius 3 is 2.79 bits per heavy atom. The summed E-state index contributed by atoms with van der Waals surface area (Å²) in [5, 5.41) is 23.6. The van der Waals surface area contributed by atoms with Gasteiger partial charge in [-0.1, -0.05) is 13.0 Å². The highest BCUT2D eigenvalue weighted by Gasteiger charge is 2.15. The number of aliphatic hydroxyl groups is 1. The zero-order chi connectivity index (χ0) is 21.0. The number of anilines is 3. The first-order valence-corrected chi connectivity index (χ1v) is 12.3. The second kappa shape index (κ2) is 9.23. The van der Waals surface area contributed by atoms with E-state index in [0.717, 1.165) is 16.9 Å². The van der Waals surface area contributed by atoms with Gasteiger partial charge in [-0.2, -0.15) is 4.98 Å². The van der Waals surface area contributed by atoms with E-state index in [4.69, 9.17) is 5.14 Å². The van der Waals surface area contributed by atoms with Gasteiger partial charge in [-0.05, 0) is 57.9 Å². The first-order valence-electron chi connectivity index (χ1n) is 8.81. The Morgan fingerprint density at radius 1 is 1.41 bits per heavy atom. The lowest BCUT2D eigenvalue weighted by Crippen LogP contribution is -2.23. The topological polar surface area (TPSA) is 113 Å². The van der Waals surface area contributed by atoms with Crippen LogP contribution in [0.5, 0.6) is 0 Å². The van der Waals surface area contributed by atoms with Crippen molar-refractivity contribution in [1.29, 1.82) is 0 Å². The summed E-state index contributed by atoms with van der Waals surface area (Å²) in [7, 11) is -2.82. The summed E-state index contributed by atoms with van der Waals surface area (Å²) in [4.78, 5) is 10.5. The molecule has 1 aromatic carbocycles. The molecular formula is C19H22BrN5O2S2. The fraction of sp³-hybridized carbons (Fsp3) is 0.211. The Balaban J connectivity index is 1.93. The molecule has 0 spiro atoms. The van der Waals surface area contributed by atoms with Crippen molar-refractivity contribution in [2.45, 2.75) is 24.3 Å². The number of thiophene rings is 1. The lowest BCUT2D eigenvalue weighted by atomic mass is 10.2. The van der Waals surface area contributed by atoms with Crippen molar-refractivity contribution in [3.05, 3.63) is 46.4 Å². The minimum absolute atomic E-state index is 0.00494. The molecule has 0 aliphatic carbocycles. The summed E-state index contributed by atoms with van der Waals surface area (Å²) in [5.74, 6) is 4.54. The summed E-state index contributed by atoms with van der Waals surface area (Å²) >= 11 is 4.98. The lowest BCUT2D eigenvalue weighted by molar-refractivity contribution is 0.271. The third kappa shape index (κ3) is 5.34. The molecule has 0 bridgehead atoms. The van der Waals surface area contributed by atoms with Gasteiger partial charge < -0.3 is 15.7 Å². The Labute approximate surface area is 182 Å². The molecule has 7 nitrogen and oxygen atoms in total. The number of halogens is 1. The maximum atomic E-state index is 12.0. The Kier molecular flexibility index (Phi) is 6.91. The van der Waals surface area contributed by atoms with Crippen LogP contribution in [0.1, 0.15) is 13.3 Å². The molecule has 0 aliphatic heterocycles. The summed E-state index contributed by atoms with van der Waals surface area (Å²) in [6.07, 6.45) is 2.50. The van der Waals surface area contributed by atoms with Crippen LogP contribution >= 0.6 is 27.3 Å². The molecule has 2 atom stereocenters. The fourth-order valence-corrected chi connectivity index (χ4v) is 5.25. The van der Waals surface area contributed by atoms with Crippen molar-refractivity contribution in [2.75, 3.05) is 17.2 Å². The van der Waals surface area contributed by atoms with Crippen molar-refractivity contribution in [3.63, 3.8) is 0 Å². The molecule has 0 aliphatic rings. The number of aliphatic hydroxyl groups excluding tert-OH is 1. The lowest BCUT2D eigenvalue weighted by Gasteiger charge is -2.18. The zero-order valence-corrected chi connectivity index (χ0v) is 19.0. The molecule has 0 saturated carbocycles. The van der Waals surface area contributed by atoms with Crippen molar-refractivity contribution in [2.24, 2.45) is 5.14 Å². The van der Waals surface area contributed by atoms with E-state index < -0.39 is 9.71 Å². The van der Waals surface area contributed by atoms with Crippen LogP contribution in [0.15, 0.2) is 51.3 Å². The van der Waals surface area contributed by atoms with Crippen LogP contribution in [0.2, 0.25) is 0 Å². The van der Waals surface area contributed by atoms with E-state index in [0.29, 0.717) is 26.8 Å². The normalized spacial score (nSPS) is 14.2. The summed E-state index contributed by atoms with van der Waals surface area (Å²) in [6, 6.07) is 9.00. The molecule has 2 aromatic heterocycles. The number of rotatable bonds is 8. The number of nitrogens with two attached hydrogens (primary N) is 1. The number of aromatic nitrogens is 2. The van der Waals surface area contributed by atoms with Gasteiger partial charge in [-0.3, -0.25) is 5.14 Å². The molecule has 0 fully saturated rings. The Hall–Kier alpha value is -1.98. The molecule has 0 radical (unpaired) electrons. The van der Waals surface area contributed by atoms with E-state index >= 15 is 0 Å². The van der Waals surface area contributed by atoms with Crippen molar-refractivity contribution < 1.29 is 9.32 Å². The largest absolute Gasteiger partial charge is 0.394 e. The number of nitrogens with one attached hydrogen (secondary N) is 2. The van der Waals surface area contributed by atoms with E-state index in [2.05, 4.69) is 42.4 Å². The second-order valence-electron chi connectivity index (χ2n) is 6.36. The van der Waals surface area contributed by atoms with Crippen LogP contribution in [-0.2, 0) is 9.71 Å². The average molecular weight is 496 g/mol. The Bertz CT molecular complexity index is 1080. The molecule has 3 rings (SSSR count). The minimum Gasteiger partial charge on any atom is -0.394 e. The number of hydrogen-bond acceptors (Lipinski definition) is 7. The minimum atomic E-state index is -2.82. The number of benzene rings is 1. The van der Waals surface area contributed by atoms with Crippen LogP contribution in [0, 0.1) is 0 Å². The van der Waals surface area contributed by atoms with E-state index in [-0.39, 0.29) is 12.6 Å². The van der Waals surface area contributed by atoms with Gasteiger partial charge in [0.05, 0.1) is 32.8 Å². The maximum Gasteiger partial charge on any atom is 0.229 e. The first kappa shape index (κ1) is 21.7. The molecule has 0 amide bonds. The molecule has 154 valence electrons. The summed E-state index contributed by atoms with van der Waals surface area (Å²) in [5.41, 5.74) is 1.57. The predicted octanol–water partition coefficient (Wildman–Crippen LogP) is 3.84. The molecule has 10 heteroatoms. The van der Waals surface area contributed by atoms with Crippen LogP contribution < -0.4 is 15.8 Å². The Morgan fingerprint density at radius 2 is 2.21 bits per heavy atom. The van der Waals surface area contributed by atoms with Gasteiger partial charge in [0, 0.05) is 21.2 Å². The van der Waals surface area contributed by atoms with Gasteiger partial charge in [-0.15, -0.1) is 11.3 Å². The number of hydrogen-bond donors (Lipinski definition) is 4. The van der Waals surface area contributed by atoms with E-state index in [1.165, 1.54) is 0 Å². The quantitative estimate of drug-likeness (QED) is 0.353. The van der Waals surface area contributed by atoms with Gasteiger partial charge in [0.1, 0.15) is 5.82 Å². The highest BCUT2D eigenvalue weighted by molar-refractivity contribution is 9.10. The van der Waals surface area contributed by atoms with Crippen molar-refractivity contribution >= 4 is 60.3 Å². The highest BCUT2D eigenvalue weighted by atomic mass is 79.9. The SMILES string of the molecule is C=S(N)(=O)c1ccc(Nc2ncc(-c3cccs3)c(N[C@H](CC)CO)n2)cc1Br. The fourth-order valence-electron chi connectivity index (χ4n) is 2.62. The molecule has 5 N–H and O–H groups in total. The van der Waals surface area contributed by atoms with Crippen LogP contribution in [-0.4, -0.2) is 37.8 Å². The standard InChI is InChI=1S/C19H22BrN5O2S2/c1-3-12(11-26)23-18-14(16-5-4-8-28-16)10-22-19(25-18)24-13-6-7-17(15(20)9-13)29(2,21)27/h4-10,12,26H,2-3,11H2,1H3,(H2,21,27)(H2,22,23,24,25)/t12-,29?/m1/s1. The van der Waals surface area contributed by atoms with Crippen LogP contribution in [0.4, 0.5) is 17.5 Å². The van der Waals surface area contributed by atoms with Gasteiger partial charge in [0.2, 0.25) is 5.95 Å². The summed E-state index contributed by atoms with van der Waals surface area (Å²) in [6.45, 7) is 2.00. The molecule has 0 saturated heterocycles. The molecule has 2 heterocycles. The molecular weight excluding hydrogens is 474 g/mol. The predicted molar refractivity (Wildman–Crippen MR) is 125 cm³/mol. The molecule has 3 aromatic rings. The third-order valence-corrected chi connectivity index (χ3v) is 7.11. The van der Waals surface area contributed by atoms with Crippen LogP contribution in [0.3, 0.4) is 0 Å². The first-order chi connectivity index (χ1) is 13.8. The van der Waals surface area contributed by atoms with Gasteiger partial charge in [0.25, 0.3) is 0 Å². The average Bonchev–Trinajstić information content (AvgIpc) is 3.19. The van der Waals surface area contributed by atoms with E-state index in [1.54, 1.807) is 35.7 Å². The monoisotopic (exact) mass is 495 g/mol. The molecule has 1 unspecified atom stereocenters. The van der Waals surface area contributed by atoms with Gasteiger partial charge in [0.15, 0.2) is 0 Å². The van der Waals surface area contributed by atoms with Gasteiger partial charge in [-0.25, -0.2) is 9.19 Å². The smallest absolute Gasteiger partial charge is 0.229 e. The van der Waals surface area contributed by atoms with Crippen LogP contribution in [0.25, 0.3) is 10.4 Å². The summed E-state index contributed by atoms with van der Waals surface area (Å²) < 4.78 is 12.6. The molecule has 29 heavy (non-hydrogen) atoms. The second-order valence-corrected chi connectivity index (χ2v) is 10.1.